The highest BCUT2D eigenvalue weighted by molar-refractivity contribution is 9.10. The first kappa shape index (κ1) is 15.9. The van der Waals surface area contributed by atoms with Crippen LogP contribution >= 0.6 is 26.6 Å². The minimum absolute atomic E-state index is 0.0639. The van der Waals surface area contributed by atoms with Gasteiger partial charge in [-0.2, -0.15) is 4.68 Å². The molecule has 1 aromatic carbocycles. The summed E-state index contributed by atoms with van der Waals surface area (Å²) in [5, 5.41) is 14.3. The summed E-state index contributed by atoms with van der Waals surface area (Å²) in [4.78, 5) is 9.13. The first-order valence-corrected chi connectivity index (χ1v) is 8.39. The van der Waals surface area contributed by atoms with Crippen molar-refractivity contribution in [2.75, 3.05) is 0 Å². The topological polar surface area (TPSA) is 95.1 Å². The molecule has 0 aliphatic rings. The van der Waals surface area contributed by atoms with E-state index < -0.39 is 30.5 Å². The van der Waals surface area contributed by atoms with Crippen molar-refractivity contribution in [3.8, 4) is 0 Å². The molecule has 2 rings (SSSR count). The van der Waals surface area contributed by atoms with E-state index in [1.807, 2.05) is 0 Å². The number of nitro groups is 1. The maximum Gasteiger partial charge on any atom is 0.410 e. The fraction of sp³-hybridized carbons (Fsp3) is 0.100. The lowest BCUT2D eigenvalue weighted by atomic mass is 10.2. The lowest BCUT2D eigenvalue weighted by Gasteiger charge is -2.02. The maximum absolute atomic E-state index is 13.2. The SMILES string of the molecule is O=[N+]([O-])c1nn(Cc2cc(F)ccc2Br)cc1S(=O)(=O)Cl. The van der Waals surface area contributed by atoms with Crippen molar-refractivity contribution in [3.05, 3.63) is 50.4 Å². The third-order valence-corrected chi connectivity index (χ3v) is 4.57. The smallest absolute Gasteiger partial charge is 0.358 e. The lowest BCUT2D eigenvalue weighted by molar-refractivity contribution is -0.392. The molecule has 1 aromatic heterocycles. The second-order valence-corrected chi connectivity index (χ2v) is 7.33. The van der Waals surface area contributed by atoms with Crippen LogP contribution in [0.1, 0.15) is 5.56 Å². The van der Waals surface area contributed by atoms with E-state index in [1.165, 1.54) is 18.2 Å². The number of benzene rings is 1. The maximum atomic E-state index is 13.2. The average Bonchev–Trinajstić information content (AvgIpc) is 2.78. The zero-order valence-corrected chi connectivity index (χ0v) is 13.2. The van der Waals surface area contributed by atoms with Crippen LogP contribution in [-0.2, 0) is 15.6 Å². The van der Waals surface area contributed by atoms with Crippen LogP contribution in [0.25, 0.3) is 0 Å². The van der Waals surface area contributed by atoms with Crippen molar-refractivity contribution in [1.82, 2.24) is 9.78 Å². The van der Waals surface area contributed by atoms with Crippen molar-refractivity contribution >= 4 is 41.5 Å². The van der Waals surface area contributed by atoms with Gasteiger partial charge in [0.25, 0.3) is 9.05 Å². The van der Waals surface area contributed by atoms with E-state index in [0.717, 1.165) is 10.9 Å². The standard InChI is InChI=1S/C10H6BrClFN3O4S/c11-8-2-1-7(13)3-6(8)4-15-5-9(21(12,19)20)10(14-15)16(17)18/h1-3,5H,4H2. The molecule has 0 bridgehead atoms. The third-order valence-electron chi connectivity index (χ3n) is 2.49. The Labute approximate surface area is 131 Å². The molecule has 0 saturated carbocycles. The van der Waals surface area contributed by atoms with Crippen LogP contribution in [0.15, 0.2) is 33.8 Å². The molecule has 11 heteroatoms. The molecule has 21 heavy (non-hydrogen) atoms. The Bertz CT molecular complexity index is 824. The minimum Gasteiger partial charge on any atom is -0.358 e. The summed E-state index contributed by atoms with van der Waals surface area (Å²) in [6.45, 7) is -0.0639. The van der Waals surface area contributed by atoms with Crippen molar-refractivity contribution in [2.45, 2.75) is 11.4 Å². The van der Waals surface area contributed by atoms with Crippen LogP contribution in [-0.4, -0.2) is 23.1 Å². The highest BCUT2D eigenvalue weighted by Crippen LogP contribution is 2.26. The molecule has 1 heterocycles. The zero-order valence-electron chi connectivity index (χ0n) is 10.0. The fourth-order valence-electron chi connectivity index (χ4n) is 1.61. The number of hydrogen-bond acceptors (Lipinski definition) is 5. The molecule has 0 aliphatic carbocycles. The Morgan fingerprint density at radius 1 is 1.48 bits per heavy atom. The molecule has 7 nitrogen and oxygen atoms in total. The van der Waals surface area contributed by atoms with Crippen LogP contribution < -0.4 is 0 Å². The van der Waals surface area contributed by atoms with Crippen LogP contribution in [0.2, 0.25) is 0 Å². The lowest BCUT2D eigenvalue weighted by Crippen LogP contribution is -2.02. The molecular weight excluding hydrogens is 393 g/mol. The van der Waals surface area contributed by atoms with Gasteiger partial charge in [-0.25, -0.2) is 12.8 Å². The molecular formula is C10H6BrClFN3O4S. The number of aromatic nitrogens is 2. The summed E-state index contributed by atoms with van der Waals surface area (Å²) < 4.78 is 37.3. The van der Waals surface area contributed by atoms with Crippen molar-refractivity contribution < 1.29 is 17.7 Å². The van der Waals surface area contributed by atoms with E-state index in [9.17, 15) is 22.9 Å². The van der Waals surface area contributed by atoms with E-state index in [1.54, 1.807) is 0 Å². The first-order chi connectivity index (χ1) is 9.68. The summed E-state index contributed by atoms with van der Waals surface area (Å²) in [6.07, 6.45) is 0.928. The monoisotopic (exact) mass is 397 g/mol. The molecule has 0 unspecified atom stereocenters. The molecule has 112 valence electrons. The summed E-state index contributed by atoms with van der Waals surface area (Å²) >= 11 is 3.20. The predicted octanol–water partition coefficient (Wildman–Crippen LogP) is 2.67. The van der Waals surface area contributed by atoms with Crippen LogP contribution in [0.3, 0.4) is 0 Å². The van der Waals surface area contributed by atoms with E-state index in [4.69, 9.17) is 10.7 Å². The van der Waals surface area contributed by atoms with Gasteiger partial charge >= 0.3 is 5.82 Å². The second-order valence-electron chi connectivity index (χ2n) is 3.95. The van der Waals surface area contributed by atoms with Crippen LogP contribution in [0.5, 0.6) is 0 Å². The van der Waals surface area contributed by atoms with Gasteiger partial charge in [0, 0.05) is 15.2 Å². The first-order valence-electron chi connectivity index (χ1n) is 5.29. The van der Waals surface area contributed by atoms with E-state index in [0.29, 0.717) is 10.0 Å². The summed E-state index contributed by atoms with van der Waals surface area (Å²) in [5.41, 5.74) is 0.436. The Hall–Kier alpha value is -1.52. The fourth-order valence-corrected chi connectivity index (χ4v) is 2.89. The van der Waals surface area contributed by atoms with Gasteiger partial charge in [0.2, 0.25) is 4.90 Å². The second kappa shape index (κ2) is 5.70. The molecule has 0 fully saturated rings. The summed E-state index contributed by atoms with van der Waals surface area (Å²) in [5.74, 6) is -1.38. The van der Waals surface area contributed by atoms with E-state index >= 15 is 0 Å². The Morgan fingerprint density at radius 3 is 2.67 bits per heavy atom. The Balaban J connectivity index is 2.47. The van der Waals surface area contributed by atoms with Crippen LogP contribution in [0, 0.1) is 15.9 Å². The van der Waals surface area contributed by atoms with Gasteiger partial charge in [0.1, 0.15) is 5.82 Å². The molecule has 0 spiro atoms. The van der Waals surface area contributed by atoms with Crippen molar-refractivity contribution in [3.63, 3.8) is 0 Å². The number of rotatable bonds is 4. The van der Waals surface area contributed by atoms with Gasteiger partial charge in [-0.15, -0.1) is 0 Å². The third kappa shape index (κ3) is 3.57. The minimum atomic E-state index is -4.31. The quantitative estimate of drug-likeness (QED) is 0.448. The molecule has 0 N–H and O–H groups in total. The average molecular weight is 399 g/mol. The molecule has 0 saturated heterocycles. The Kier molecular flexibility index (Phi) is 4.30. The van der Waals surface area contributed by atoms with Crippen molar-refractivity contribution in [1.29, 1.82) is 0 Å². The number of halogens is 3. The van der Waals surface area contributed by atoms with Crippen molar-refractivity contribution in [2.24, 2.45) is 0 Å². The molecule has 0 amide bonds. The number of hydrogen-bond donors (Lipinski definition) is 0. The summed E-state index contributed by atoms with van der Waals surface area (Å²) in [6, 6.07) is 3.89. The van der Waals surface area contributed by atoms with E-state index in [2.05, 4.69) is 21.0 Å². The van der Waals surface area contributed by atoms with Gasteiger partial charge in [-0.05, 0) is 28.7 Å². The van der Waals surface area contributed by atoms with Crippen LogP contribution in [0.4, 0.5) is 10.2 Å². The molecule has 0 aliphatic heterocycles. The largest absolute Gasteiger partial charge is 0.410 e. The zero-order chi connectivity index (χ0) is 15.8. The molecule has 0 atom stereocenters. The van der Waals surface area contributed by atoms with Gasteiger partial charge in [-0.3, -0.25) is 0 Å². The van der Waals surface area contributed by atoms with Gasteiger partial charge in [0.15, 0.2) is 0 Å². The molecule has 2 aromatic rings. The normalized spacial score (nSPS) is 11.6. The van der Waals surface area contributed by atoms with Gasteiger partial charge < -0.3 is 10.1 Å². The predicted molar refractivity (Wildman–Crippen MR) is 75.1 cm³/mol. The number of nitrogens with zero attached hydrogens (tertiary/aromatic N) is 3. The van der Waals surface area contributed by atoms with E-state index in [-0.39, 0.29) is 6.54 Å². The Morgan fingerprint density at radius 2 is 2.14 bits per heavy atom. The van der Waals surface area contributed by atoms with Gasteiger partial charge in [0.05, 0.1) is 17.8 Å². The highest BCUT2D eigenvalue weighted by atomic mass is 79.9. The summed E-state index contributed by atoms with van der Waals surface area (Å²) in [7, 11) is 0.819. The van der Waals surface area contributed by atoms with Gasteiger partial charge in [-0.1, -0.05) is 15.9 Å². The highest BCUT2D eigenvalue weighted by Gasteiger charge is 2.30. The molecule has 0 radical (unpaired) electrons.